The van der Waals surface area contributed by atoms with Crippen LogP contribution in [0.3, 0.4) is 0 Å². The molecule has 0 saturated heterocycles. The second-order valence-electron chi connectivity index (χ2n) is 1.90. The van der Waals surface area contributed by atoms with E-state index in [1.165, 1.54) is 17.8 Å². The molecule has 1 heterocycles. The molecule has 0 amide bonds. The molecule has 1 aromatic rings. The highest BCUT2D eigenvalue weighted by atomic mass is 32.2. The maximum atomic E-state index is 10.8. The monoisotopic (exact) mass is 168 g/mol. The maximum absolute atomic E-state index is 10.8. The van der Waals surface area contributed by atoms with Crippen molar-refractivity contribution in [2.45, 2.75) is 5.03 Å². The molecule has 1 N–H and O–H groups in total. The lowest BCUT2D eigenvalue weighted by Crippen LogP contribution is -2.03. The van der Waals surface area contributed by atoms with Crippen LogP contribution in [0.25, 0.3) is 0 Å². The van der Waals surface area contributed by atoms with Gasteiger partial charge in [0.25, 0.3) is 0 Å². The number of aromatic nitrogens is 1. The zero-order chi connectivity index (χ0) is 8.27. The minimum absolute atomic E-state index is 0.109. The first-order valence-corrected chi connectivity index (χ1v) is 4.24. The second kappa shape index (κ2) is 3.39. The lowest BCUT2D eigenvalue weighted by molar-refractivity contribution is 1.08. The summed E-state index contributed by atoms with van der Waals surface area (Å²) in [6, 6.07) is 3.08. The molecule has 0 radical (unpaired) electrons. The average Bonchev–Trinajstić information content (AvgIpc) is 2.04. The second-order valence-corrected chi connectivity index (χ2v) is 2.72. The van der Waals surface area contributed by atoms with E-state index in [-0.39, 0.29) is 5.56 Å². The lowest BCUT2D eigenvalue weighted by Gasteiger charge is -1.98. The first kappa shape index (κ1) is 8.07. The number of H-pyrrole nitrogens is 1. The van der Waals surface area contributed by atoms with Crippen molar-refractivity contribution in [2.75, 3.05) is 6.26 Å². The van der Waals surface area contributed by atoms with Crippen molar-refractivity contribution in [1.29, 1.82) is 0 Å². The Labute approximate surface area is 68.6 Å². The third kappa shape index (κ3) is 1.71. The van der Waals surface area contributed by atoms with Gasteiger partial charge in [-0.3, -0.25) is 9.79 Å². The van der Waals surface area contributed by atoms with E-state index in [2.05, 4.69) is 16.7 Å². The zero-order valence-electron chi connectivity index (χ0n) is 6.13. The van der Waals surface area contributed by atoms with Crippen molar-refractivity contribution in [2.24, 2.45) is 4.99 Å². The SMILES string of the molecule is C=Nc1ccc(=O)[nH]c1SC. The minimum atomic E-state index is -0.109. The fraction of sp³-hybridized carbons (Fsp3) is 0.143. The summed E-state index contributed by atoms with van der Waals surface area (Å²) in [5.41, 5.74) is 0.610. The molecule has 0 atom stereocenters. The summed E-state index contributed by atoms with van der Waals surface area (Å²) in [6.07, 6.45) is 1.87. The molecule has 0 bridgehead atoms. The van der Waals surface area contributed by atoms with Gasteiger partial charge in [-0.1, -0.05) is 0 Å². The summed E-state index contributed by atoms with van der Waals surface area (Å²) >= 11 is 1.44. The first-order valence-electron chi connectivity index (χ1n) is 3.02. The van der Waals surface area contributed by atoms with Crippen molar-refractivity contribution >= 4 is 24.2 Å². The minimum Gasteiger partial charge on any atom is -0.315 e. The number of pyridine rings is 1. The van der Waals surface area contributed by atoms with Crippen molar-refractivity contribution in [1.82, 2.24) is 4.98 Å². The predicted octanol–water partition coefficient (Wildman–Crippen LogP) is 1.43. The van der Waals surface area contributed by atoms with Crippen LogP contribution >= 0.6 is 11.8 Å². The van der Waals surface area contributed by atoms with E-state index in [4.69, 9.17) is 0 Å². The number of rotatable bonds is 2. The van der Waals surface area contributed by atoms with Gasteiger partial charge in [-0.25, -0.2) is 0 Å². The van der Waals surface area contributed by atoms with Gasteiger partial charge in [0.2, 0.25) is 5.56 Å². The van der Waals surface area contributed by atoms with Crippen LogP contribution < -0.4 is 5.56 Å². The van der Waals surface area contributed by atoms with E-state index in [0.29, 0.717) is 0 Å². The molecule has 0 aliphatic carbocycles. The Balaban J connectivity index is 3.27. The summed E-state index contributed by atoms with van der Waals surface area (Å²) < 4.78 is 0. The molecule has 3 nitrogen and oxygen atoms in total. The van der Waals surface area contributed by atoms with Gasteiger partial charge in [0, 0.05) is 6.07 Å². The summed E-state index contributed by atoms with van der Waals surface area (Å²) in [7, 11) is 0. The Hall–Kier alpha value is -1.03. The van der Waals surface area contributed by atoms with Gasteiger partial charge in [0.05, 0.1) is 5.69 Å². The van der Waals surface area contributed by atoms with E-state index in [0.717, 1.165) is 10.7 Å². The van der Waals surface area contributed by atoms with Gasteiger partial charge in [-0.05, 0) is 19.0 Å². The fourth-order valence-electron chi connectivity index (χ4n) is 0.728. The van der Waals surface area contributed by atoms with E-state index in [1.807, 2.05) is 6.26 Å². The predicted molar refractivity (Wildman–Crippen MR) is 48.1 cm³/mol. The van der Waals surface area contributed by atoms with Gasteiger partial charge in [0.1, 0.15) is 5.03 Å². The summed E-state index contributed by atoms with van der Waals surface area (Å²) in [5, 5.41) is 0.757. The van der Waals surface area contributed by atoms with Gasteiger partial charge in [-0.2, -0.15) is 0 Å². The lowest BCUT2D eigenvalue weighted by atomic mass is 10.4. The highest BCUT2D eigenvalue weighted by Gasteiger charge is 1.97. The number of nitrogens with zero attached hydrogens (tertiary/aromatic N) is 1. The molecular formula is C7H8N2OS. The van der Waals surface area contributed by atoms with Crippen LogP contribution in [0.2, 0.25) is 0 Å². The van der Waals surface area contributed by atoms with Crippen LogP contribution in [-0.2, 0) is 0 Å². The third-order valence-corrected chi connectivity index (χ3v) is 1.96. The normalized spacial score (nSPS) is 9.55. The molecule has 0 aliphatic heterocycles. The molecule has 58 valence electrons. The maximum Gasteiger partial charge on any atom is 0.248 e. The molecule has 1 rings (SSSR count). The smallest absolute Gasteiger partial charge is 0.248 e. The summed E-state index contributed by atoms with van der Waals surface area (Å²) in [5.74, 6) is 0. The molecule has 0 spiro atoms. The number of aliphatic imine (C=N–C) groups is 1. The van der Waals surface area contributed by atoms with E-state index >= 15 is 0 Å². The number of nitrogens with one attached hydrogen (secondary N) is 1. The molecule has 0 fully saturated rings. The molecule has 0 aliphatic rings. The van der Waals surface area contributed by atoms with Crippen molar-refractivity contribution in [3.8, 4) is 0 Å². The Morgan fingerprint density at radius 3 is 2.91 bits per heavy atom. The molecule has 1 aromatic heterocycles. The van der Waals surface area contributed by atoms with Gasteiger partial charge in [0.15, 0.2) is 0 Å². The number of thioether (sulfide) groups is 1. The number of hydrogen-bond acceptors (Lipinski definition) is 3. The summed E-state index contributed by atoms with van der Waals surface area (Å²) in [6.45, 7) is 3.38. The molecule has 4 heteroatoms. The van der Waals surface area contributed by atoms with Crippen LogP contribution in [0.1, 0.15) is 0 Å². The molecule has 0 saturated carbocycles. The third-order valence-electron chi connectivity index (χ3n) is 1.24. The average molecular weight is 168 g/mol. The van der Waals surface area contributed by atoms with Crippen molar-refractivity contribution in [3.63, 3.8) is 0 Å². The Morgan fingerprint density at radius 1 is 1.64 bits per heavy atom. The Bertz CT molecular complexity index is 318. The van der Waals surface area contributed by atoms with Gasteiger partial charge >= 0.3 is 0 Å². The standard InChI is InChI=1S/C7H8N2OS/c1-8-5-3-4-6(10)9-7(5)11-2/h3-4H,1H2,2H3,(H,9,10). The highest BCUT2D eigenvalue weighted by molar-refractivity contribution is 7.98. The molecule has 0 aromatic carbocycles. The van der Waals surface area contributed by atoms with Crippen LogP contribution in [-0.4, -0.2) is 18.0 Å². The van der Waals surface area contributed by atoms with Crippen LogP contribution in [0.5, 0.6) is 0 Å². The molecular weight excluding hydrogens is 160 g/mol. The van der Waals surface area contributed by atoms with Crippen LogP contribution in [0.15, 0.2) is 26.9 Å². The van der Waals surface area contributed by atoms with Crippen LogP contribution in [0.4, 0.5) is 5.69 Å². The summed E-state index contributed by atoms with van der Waals surface area (Å²) in [4.78, 5) is 17.2. The van der Waals surface area contributed by atoms with E-state index in [1.54, 1.807) is 6.07 Å². The fourth-order valence-corrected chi connectivity index (χ4v) is 1.27. The van der Waals surface area contributed by atoms with Crippen molar-refractivity contribution < 1.29 is 0 Å². The Kier molecular flexibility index (Phi) is 2.48. The topological polar surface area (TPSA) is 45.2 Å². The number of aromatic amines is 1. The number of hydrogen-bond donors (Lipinski definition) is 1. The van der Waals surface area contributed by atoms with Gasteiger partial charge in [-0.15, -0.1) is 11.8 Å². The largest absolute Gasteiger partial charge is 0.315 e. The molecule has 11 heavy (non-hydrogen) atoms. The Morgan fingerprint density at radius 2 is 2.36 bits per heavy atom. The van der Waals surface area contributed by atoms with Gasteiger partial charge < -0.3 is 4.98 Å². The van der Waals surface area contributed by atoms with Crippen LogP contribution in [0, 0.1) is 0 Å². The molecule has 0 unspecified atom stereocenters. The van der Waals surface area contributed by atoms with E-state index < -0.39 is 0 Å². The zero-order valence-corrected chi connectivity index (χ0v) is 6.94. The van der Waals surface area contributed by atoms with Crippen molar-refractivity contribution in [3.05, 3.63) is 22.5 Å². The first-order chi connectivity index (χ1) is 5.27. The van der Waals surface area contributed by atoms with E-state index in [9.17, 15) is 4.79 Å². The highest BCUT2D eigenvalue weighted by Crippen LogP contribution is 2.22. The quantitative estimate of drug-likeness (QED) is 0.536.